The minimum atomic E-state index is -0.898. The van der Waals surface area contributed by atoms with E-state index in [2.05, 4.69) is 5.32 Å². The van der Waals surface area contributed by atoms with Crippen molar-refractivity contribution in [3.8, 4) is 0 Å². The molecule has 2 aromatic carbocycles. The molecule has 20 heavy (non-hydrogen) atoms. The van der Waals surface area contributed by atoms with Gasteiger partial charge in [-0.25, -0.2) is 0 Å². The molecule has 4 nitrogen and oxygen atoms in total. The Morgan fingerprint density at radius 3 is 2.40 bits per heavy atom. The van der Waals surface area contributed by atoms with Crippen LogP contribution in [0.3, 0.4) is 0 Å². The molecule has 2 rings (SSSR count). The number of nitrogens with one attached hydrogen (secondary N) is 1. The van der Waals surface area contributed by atoms with Crippen LogP contribution < -0.4 is 5.32 Å². The van der Waals surface area contributed by atoms with E-state index < -0.39 is 16.4 Å². The normalized spacial score (nSPS) is 10.3. The molecule has 104 valence electrons. The van der Waals surface area contributed by atoms with Crippen LogP contribution in [0.25, 0.3) is 0 Å². The molecule has 0 aliphatic rings. The Morgan fingerprint density at radius 1 is 1.20 bits per heavy atom. The number of benzene rings is 2. The first-order valence-corrected chi connectivity index (χ1v) is 6.35. The van der Waals surface area contributed by atoms with E-state index in [0.717, 1.165) is 12.1 Å². The van der Waals surface area contributed by atoms with Gasteiger partial charge in [0.05, 0.1) is 4.92 Å². The summed E-state index contributed by atoms with van der Waals surface area (Å²) in [6, 6.07) is 8.70. The Kier molecular flexibility index (Phi) is 4.42. The van der Waals surface area contributed by atoms with Crippen LogP contribution in [0.4, 0.5) is 15.8 Å². The molecule has 0 saturated carbocycles. The quantitative estimate of drug-likeness (QED) is 0.660. The molecule has 0 atom stereocenters. The zero-order valence-corrected chi connectivity index (χ0v) is 11.6. The van der Waals surface area contributed by atoms with Crippen molar-refractivity contribution in [2.45, 2.75) is 6.54 Å². The average molecular weight is 315 g/mol. The number of nitrogens with zero attached hydrogens (tertiary/aromatic N) is 1. The van der Waals surface area contributed by atoms with Crippen molar-refractivity contribution >= 4 is 34.6 Å². The van der Waals surface area contributed by atoms with Crippen LogP contribution in [-0.2, 0) is 6.54 Å². The summed E-state index contributed by atoms with van der Waals surface area (Å²) in [5, 5.41) is 14.4. The molecule has 0 unspecified atom stereocenters. The number of nitro groups is 1. The number of hydrogen-bond donors (Lipinski definition) is 1. The minimum absolute atomic E-state index is 0.287. The summed E-state index contributed by atoms with van der Waals surface area (Å²) in [5.74, 6) is -0.898. The van der Waals surface area contributed by atoms with E-state index in [1.54, 1.807) is 18.2 Å². The molecule has 0 aromatic heterocycles. The van der Waals surface area contributed by atoms with Gasteiger partial charge in [-0.1, -0.05) is 29.3 Å². The molecule has 0 aliphatic carbocycles. The molecule has 0 heterocycles. The molecule has 0 radical (unpaired) electrons. The number of rotatable bonds is 4. The van der Waals surface area contributed by atoms with Crippen LogP contribution in [0, 0.1) is 15.9 Å². The second-order valence-electron chi connectivity index (χ2n) is 3.98. The van der Waals surface area contributed by atoms with Crippen molar-refractivity contribution < 1.29 is 9.31 Å². The first-order chi connectivity index (χ1) is 9.49. The lowest BCUT2D eigenvalue weighted by atomic mass is 10.2. The lowest BCUT2D eigenvalue weighted by Gasteiger charge is -2.09. The summed E-state index contributed by atoms with van der Waals surface area (Å²) >= 11 is 12.0. The van der Waals surface area contributed by atoms with E-state index in [1.165, 1.54) is 6.07 Å². The third-order valence-corrected chi connectivity index (χ3v) is 3.38. The topological polar surface area (TPSA) is 55.2 Å². The maximum atomic E-state index is 13.5. The maximum absolute atomic E-state index is 13.5. The van der Waals surface area contributed by atoms with Crippen molar-refractivity contribution in [1.29, 1.82) is 0 Å². The zero-order chi connectivity index (χ0) is 14.7. The smallest absolute Gasteiger partial charge is 0.304 e. The van der Waals surface area contributed by atoms with Crippen LogP contribution in [-0.4, -0.2) is 4.92 Å². The van der Waals surface area contributed by atoms with E-state index in [0.29, 0.717) is 21.3 Å². The van der Waals surface area contributed by atoms with Crippen molar-refractivity contribution in [2.75, 3.05) is 5.32 Å². The maximum Gasteiger partial charge on any atom is 0.304 e. The molecule has 2 aromatic rings. The monoisotopic (exact) mass is 314 g/mol. The van der Waals surface area contributed by atoms with Crippen LogP contribution in [0.1, 0.15) is 5.56 Å². The molecule has 0 aliphatic heterocycles. The van der Waals surface area contributed by atoms with Crippen molar-refractivity contribution in [2.24, 2.45) is 0 Å². The molecule has 0 saturated heterocycles. The molecule has 0 fully saturated rings. The van der Waals surface area contributed by atoms with Gasteiger partial charge in [-0.05, 0) is 18.2 Å². The highest BCUT2D eigenvalue weighted by Gasteiger charge is 2.14. The highest BCUT2D eigenvalue weighted by atomic mass is 35.5. The predicted molar refractivity (Wildman–Crippen MR) is 76.8 cm³/mol. The van der Waals surface area contributed by atoms with Gasteiger partial charge in [-0.15, -0.1) is 0 Å². The Labute approximate surface area is 124 Å². The SMILES string of the molecule is O=[N+]([O-])c1ccc(NCc2c(Cl)cccc2Cl)cc1F. The van der Waals surface area contributed by atoms with Gasteiger partial charge < -0.3 is 5.32 Å². The van der Waals surface area contributed by atoms with Gasteiger partial charge in [0.1, 0.15) is 0 Å². The zero-order valence-electron chi connectivity index (χ0n) is 10.1. The van der Waals surface area contributed by atoms with Gasteiger partial charge >= 0.3 is 5.69 Å². The number of anilines is 1. The highest BCUT2D eigenvalue weighted by molar-refractivity contribution is 6.36. The van der Waals surface area contributed by atoms with E-state index in [9.17, 15) is 14.5 Å². The van der Waals surface area contributed by atoms with Gasteiger partial charge in [-0.3, -0.25) is 10.1 Å². The van der Waals surface area contributed by atoms with Gasteiger partial charge in [-0.2, -0.15) is 4.39 Å². The lowest BCUT2D eigenvalue weighted by Crippen LogP contribution is -2.02. The summed E-state index contributed by atoms with van der Waals surface area (Å²) in [5.41, 5.74) is 0.519. The largest absolute Gasteiger partial charge is 0.381 e. The minimum Gasteiger partial charge on any atom is -0.381 e. The van der Waals surface area contributed by atoms with Crippen molar-refractivity contribution in [3.05, 3.63) is 67.9 Å². The molecular weight excluding hydrogens is 306 g/mol. The van der Waals surface area contributed by atoms with Crippen LogP contribution in [0.15, 0.2) is 36.4 Å². The molecular formula is C13H9Cl2FN2O2. The van der Waals surface area contributed by atoms with Crippen LogP contribution >= 0.6 is 23.2 Å². The van der Waals surface area contributed by atoms with E-state index in [4.69, 9.17) is 23.2 Å². The number of halogens is 3. The summed E-state index contributed by atoms with van der Waals surface area (Å²) in [6.07, 6.45) is 0. The molecule has 7 heteroatoms. The van der Waals surface area contributed by atoms with E-state index >= 15 is 0 Å². The standard InChI is InChI=1S/C13H9Cl2FN2O2/c14-10-2-1-3-11(15)9(10)7-17-8-4-5-13(18(19)20)12(16)6-8/h1-6,17H,7H2. The first-order valence-electron chi connectivity index (χ1n) is 5.59. The summed E-state index contributed by atoms with van der Waals surface area (Å²) in [4.78, 5) is 9.74. The molecule has 0 spiro atoms. The third-order valence-electron chi connectivity index (χ3n) is 2.68. The van der Waals surface area contributed by atoms with Crippen LogP contribution in [0.2, 0.25) is 10.0 Å². The Balaban J connectivity index is 2.16. The second kappa shape index (κ2) is 6.07. The fraction of sp³-hybridized carbons (Fsp3) is 0.0769. The summed E-state index contributed by atoms with van der Waals surface area (Å²) < 4.78 is 13.5. The van der Waals surface area contributed by atoms with E-state index in [1.807, 2.05) is 0 Å². The predicted octanol–water partition coefficient (Wildman–Crippen LogP) is 4.65. The highest BCUT2D eigenvalue weighted by Crippen LogP contribution is 2.26. The first kappa shape index (κ1) is 14.6. The van der Waals surface area contributed by atoms with Crippen LogP contribution in [0.5, 0.6) is 0 Å². The Morgan fingerprint density at radius 2 is 1.85 bits per heavy atom. The summed E-state index contributed by atoms with van der Waals surface area (Å²) in [6.45, 7) is 0.287. The molecule has 1 N–H and O–H groups in total. The Hall–Kier alpha value is -1.85. The van der Waals surface area contributed by atoms with Gasteiger partial charge in [0.15, 0.2) is 0 Å². The number of nitro benzene ring substituents is 1. The molecule has 0 bridgehead atoms. The Bertz CT molecular complexity index is 645. The number of hydrogen-bond acceptors (Lipinski definition) is 3. The summed E-state index contributed by atoms with van der Waals surface area (Å²) in [7, 11) is 0. The van der Waals surface area contributed by atoms with Crippen molar-refractivity contribution in [1.82, 2.24) is 0 Å². The van der Waals surface area contributed by atoms with Crippen molar-refractivity contribution in [3.63, 3.8) is 0 Å². The van der Waals surface area contributed by atoms with E-state index in [-0.39, 0.29) is 6.54 Å². The van der Waals surface area contributed by atoms with Gasteiger partial charge in [0, 0.05) is 40.0 Å². The average Bonchev–Trinajstić information content (AvgIpc) is 2.37. The lowest BCUT2D eigenvalue weighted by molar-refractivity contribution is -0.387. The van der Waals surface area contributed by atoms with Gasteiger partial charge in [0.2, 0.25) is 5.82 Å². The third kappa shape index (κ3) is 3.18. The van der Waals surface area contributed by atoms with Gasteiger partial charge in [0.25, 0.3) is 0 Å². The molecule has 0 amide bonds. The fourth-order valence-electron chi connectivity index (χ4n) is 1.66. The second-order valence-corrected chi connectivity index (χ2v) is 4.79. The fourth-order valence-corrected chi connectivity index (χ4v) is 2.19.